The number of aliphatic hydroxyl groups is 1. The number of benzene rings is 3. The molecule has 1 aliphatic carbocycles. The zero-order valence-corrected chi connectivity index (χ0v) is 24.1. The largest absolute Gasteiger partial charge is 0.461 e. The normalized spacial score (nSPS) is 15.0. The van der Waals surface area contributed by atoms with Crippen LogP contribution in [0.4, 0.5) is 17.6 Å². The number of fused-ring (bicyclic) bond motifs is 1. The highest BCUT2D eigenvalue weighted by molar-refractivity contribution is 5.98. The molecule has 0 fully saturated rings. The highest BCUT2D eigenvalue weighted by Gasteiger charge is 2.44. The minimum atomic E-state index is -4.69. The van der Waals surface area contributed by atoms with E-state index in [0.29, 0.717) is 22.4 Å². The second kappa shape index (κ2) is 14.4. The van der Waals surface area contributed by atoms with E-state index < -0.39 is 48.6 Å². The van der Waals surface area contributed by atoms with Crippen LogP contribution in [0.3, 0.4) is 0 Å². The first-order valence-corrected chi connectivity index (χ1v) is 14.1. The molecule has 3 aromatic carbocycles. The fourth-order valence-electron chi connectivity index (χ4n) is 4.94. The average Bonchev–Trinajstić information content (AvgIpc) is 3.22. The average molecular weight is 616 g/mol. The molecule has 44 heavy (non-hydrogen) atoms. The lowest BCUT2D eigenvalue weighted by molar-refractivity contribution is -0.253. The number of rotatable bonds is 12. The van der Waals surface area contributed by atoms with Crippen LogP contribution in [0.1, 0.15) is 65.4 Å². The summed E-state index contributed by atoms with van der Waals surface area (Å²) in [5.74, 6) is -1.10. The van der Waals surface area contributed by atoms with Crippen LogP contribution in [0.15, 0.2) is 72.8 Å². The Morgan fingerprint density at radius 3 is 2.45 bits per heavy atom. The molecule has 3 unspecified atom stereocenters. The Kier molecular flexibility index (Phi) is 10.6. The zero-order chi connectivity index (χ0) is 31.9. The molecule has 0 bridgehead atoms. The number of ether oxygens (including phenoxy) is 3. The third-order valence-corrected chi connectivity index (χ3v) is 6.96. The smallest absolute Gasteiger partial charge is 0.455 e. The van der Waals surface area contributed by atoms with Crippen LogP contribution in [0.25, 0.3) is 6.08 Å². The number of halogens is 4. The number of carbonyl (C=O) groups excluding carboxylic acids is 2. The van der Waals surface area contributed by atoms with Gasteiger partial charge in [-0.2, -0.15) is 17.6 Å². The standard InChI is InChI=1S/C33H33F4NO6/c1-20(39)42-21(2)43-25-16-14-24(15-17-25)30(40)29(19-22-8-6-11-26(18-22)44-33(36,37)32(34)35)38-31(41)28-13-7-10-23-9-4-3-5-12-27(23)28/h5-8,10-18,21,29-30,32,40H,3-4,9,19H2,1-2H3,(H,38,41). The van der Waals surface area contributed by atoms with E-state index in [9.17, 15) is 32.3 Å². The number of hydrogen-bond donors (Lipinski definition) is 2. The number of esters is 1. The Balaban J connectivity index is 1.61. The monoisotopic (exact) mass is 615 g/mol. The summed E-state index contributed by atoms with van der Waals surface area (Å²) in [6, 6.07) is 15.9. The maximum Gasteiger partial charge on any atom is 0.461 e. The van der Waals surface area contributed by atoms with Gasteiger partial charge in [0.1, 0.15) is 11.5 Å². The van der Waals surface area contributed by atoms with E-state index >= 15 is 0 Å². The summed E-state index contributed by atoms with van der Waals surface area (Å²) in [4.78, 5) is 24.8. The minimum Gasteiger partial charge on any atom is -0.455 e. The van der Waals surface area contributed by atoms with Gasteiger partial charge >= 0.3 is 18.5 Å². The van der Waals surface area contributed by atoms with Gasteiger partial charge in [-0.3, -0.25) is 9.59 Å². The van der Waals surface area contributed by atoms with E-state index in [4.69, 9.17) is 9.47 Å². The van der Waals surface area contributed by atoms with E-state index in [0.717, 1.165) is 42.5 Å². The lowest BCUT2D eigenvalue weighted by Crippen LogP contribution is -2.41. The van der Waals surface area contributed by atoms with Gasteiger partial charge in [0.25, 0.3) is 5.91 Å². The Bertz CT molecular complexity index is 1480. The molecule has 11 heteroatoms. The summed E-state index contributed by atoms with van der Waals surface area (Å²) >= 11 is 0. The van der Waals surface area contributed by atoms with Crippen molar-refractivity contribution in [1.29, 1.82) is 0 Å². The van der Waals surface area contributed by atoms with Crippen molar-refractivity contribution in [3.05, 3.63) is 101 Å². The van der Waals surface area contributed by atoms with Gasteiger partial charge < -0.3 is 24.6 Å². The van der Waals surface area contributed by atoms with E-state index in [1.807, 2.05) is 18.2 Å². The van der Waals surface area contributed by atoms with Crippen molar-refractivity contribution in [2.75, 3.05) is 0 Å². The number of aryl methyl sites for hydroxylation is 1. The molecule has 0 radical (unpaired) electrons. The van der Waals surface area contributed by atoms with Crippen LogP contribution in [0, 0.1) is 0 Å². The molecule has 0 saturated heterocycles. The number of carbonyl (C=O) groups is 2. The molecule has 234 valence electrons. The SMILES string of the molecule is CC(=O)OC(C)Oc1ccc(C(O)C(Cc2cccc(OC(F)(F)C(F)F)c2)NC(=O)c2cccc3c2C=CCCC3)cc1. The van der Waals surface area contributed by atoms with Crippen LogP contribution in [-0.4, -0.2) is 41.8 Å². The van der Waals surface area contributed by atoms with Crippen molar-refractivity contribution < 1.29 is 46.5 Å². The summed E-state index contributed by atoms with van der Waals surface area (Å²) in [5, 5.41) is 14.3. The number of nitrogens with one attached hydrogen (secondary N) is 1. The number of alkyl halides is 4. The Morgan fingerprint density at radius 1 is 1.02 bits per heavy atom. The second-order valence-corrected chi connectivity index (χ2v) is 10.4. The van der Waals surface area contributed by atoms with Gasteiger partial charge in [-0.25, -0.2) is 0 Å². The topological polar surface area (TPSA) is 94.1 Å². The van der Waals surface area contributed by atoms with Crippen molar-refractivity contribution in [3.8, 4) is 11.5 Å². The van der Waals surface area contributed by atoms with Crippen molar-refractivity contribution in [2.24, 2.45) is 0 Å². The van der Waals surface area contributed by atoms with Gasteiger partial charge in [-0.1, -0.05) is 48.6 Å². The first kappa shape index (κ1) is 32.5. The van der Waals surface area contributed by atoms with E-state index in [1.54, 1.807) is 49.4 Å². The second-order valence-electron chi connectivity index (χ2n) is 10.4. The lowest BCUT2D eigenvalue weighted by Gasteiger charge is -2.26. The quantitative estimate of drug-likeness (QED) is 0.135. The molecule has 1 amide bonds. The zero-order valence-electron chi connectivity index (χ0n) is 24.1. The number of allylic oxidation sites excluding steroid dienone is 1. The molecule has 3 atom stereocenters. The van der Waals surface area contributed by atoms with E-state index in [1.165, 1.54) is 13.0 Å². The lowest BCUT2D eigenvalue weighted by atomic mass is 9.94. The number of aliphatic hydroxyl groups excluding tert-OH is 1. The predicted octanol–water partition coefficient (Wildman–Crippen LogP) is 6.64. The molecule has 0 aliphatic heterocycles. The van der Waals surface area contributed by atoms with Gasteiger partial charge in [-0.15, -0.1) is 0 Å². The number of amides is 1. The van der Waals surface area contributed by atoms with Gasteiger partial charge in [0.05, 0.1) is 12.1 Å². The van der Waals surface area contributed by atoms with Crippen molar-refractivity contribution in [3.63, 3.8) is 0 Å². The molecular weight excluding hydrogens is 582 g/mol. The summed E-state index contributed by atoms with van der Waals surface area (Å²) < 4.78 is 67.3. The Hall–Kier alpha value is -4.38. The third kappa shape index (κ3) is 8.59. The predicted molar refractivity (Wildman–Crippen MR) is 155 cm³/mol. The van der Waals surface area contributed by atoms with Crippen LogP contribution in [0.2, 0.25) is 0 Å². The van der Waals surface area contributed by atoms with Crippen LogP contribution >= 0.6 is 0 Å². The van der Waals surface area contributed by atoms with Gasteiger partial charge in [0, 0.05) is 19.4 Å². The Morgan fingerprint density at radius 2 is 1.75 bits per heavy atom. The highest BCUT2D eigenvalue weighted by Crippen LogP contribution is 2.30. The van der Waals surface area contributed by atoms with Gasteiger partial charge in [0.15, 0.2) is 0 Å². The maximum atomic E-state index is 13.6. The van der Waals surface area contributed by atoms with Crippen LogP contribution in [0.5, 0.6) is 11.5 Å². The number of hydrogen-bond acceptors (Lipinski definition) is 6. The third-order valence-electron chi connectivity index (χ3n) is 6.96. The first-order chi connectivity index (χ1) is 20.9. The van der Waals surface area contributed by atoms with E-state index in [2.05, 4.69) is 10.1 Å². The van der Waals surface area contributed by atoms with Gasteiger partial charge in [0.2, 0.25) is 6.29 Å². The van der Waals surface area contributed by atoms with E-state index in [-0.39, 0.29) is 6.42 Å². The first-order valence-electron chi connectivity index (χ1n) is 14.1. The fourth-order valence-corrected chi connectivity index (χ4v) is 4.94. The molecule has 4 rings (SSSR count). The molecule has 2 N–H and O–H groups in total. The fraction of sp³-hybridized carbons (Fsp3) is 0.333. The maximum absolute atomic E-state index is 13.6. The molecule has 0 saturated carbocycles. The van der Waals surface area contributed by atoms with Crippen molar-refractivity contribution >= 4 is 18.0 Å². The van der Waals surface area contributed by atoms with Crippen molar-refractivity contribution in [2.45, 2.75) is 70.5 Å². The molecule has 7 nitrogen and oxygen atoms in total. The Labute approximate surface area is 252 Å². The molecule has 0 spiro atoms. The molecule has 1 aliphatic rings. The van der Waals surface area contributed by atoms with Crippen LogP contribution in [-0.2, 0) is 22.4 Å². The molecular formula is C33H33F4NO6. The van der Waals surface area contributed by atoms with Crippen LogP contribution < -0.4 is 14.8 Å². The molecule has 0 aromatic heterocycles. The summed E-state index contributed by atoms with van der Waals surface area (Å²) in [7, 11) is 0. The van der Waals surface area contributed by atoms with Gasteiger partial charge in [-0.05, 0) is 78.3 Å². The highest BCUT2D eigenvalue weighted by atomic mass is 19.3. The molecule has 3 aromatic rings. The summed E-state index contributed by atoms with van der Waals surface area (Å²) in [5.41, 5.74) is 2.95. The molecule has 0 heterocycles. The summed E-state index contributed by atoms with van der Waals surface area (Å²) in [6.07, 6.45) is -4.39. The minimum absolute atomic E-state index is 0.0586. The van der Waals surface area contributed by atoms with Crippen molar-refractivity contribution in [1.82, 2.24) is 5.32 Å². The summed E-state index contributed by atoms with van der Waals surface area (Å²) in [6.45, 7) is 2.80.